The Morgan fingerprint density at radius 2 is 2.09 bits per heavy atom. The molecule has 2 heterocycles. The van der Waals surface area contributed by atoms with E-state index >= 15 is 0 Å². The number of nitrogens with zero attached hydrogens (tertiary/aromatic N) is 3. The van der Waals surface area contributed by atoms with E-state index in [2.05, 4.69) is 26.3 Å². The van der Waals surface area contributed by atoms with Crippen LogP contribution in [0.15, 0.2) is 36.5 Å². The Balaban J connectivity index is 1.65. The fourth-order valence-electron chi connectivity index (χ4n) is 2.64. The number of amides is 1. The molecule has 1 N–H and O–H groups in total. The van der Waals surface area contributed by atoms with Crippen molar-refractivity contribution in [2.75, 3.05) is 18.0 Å². The lowest BCUT2D eigenvalue weighted by Crippen LogP contribution is -2.26. The fourth-order valence-corrected chi connectivity index (χ4v) is 2.64. The second-order valence-corrected chi connectivity index (χ2v) is 5.61. The molecule has 5 heteroatoms. The van der Waals surface area contributed by atoms with Crippen molar-refractivity contribution in [3.8, 4) is 0 Å². The van der Waals surface area contributed by atoms with E-state index in [0.717, 1.165) is 31.5 Å². The van der Waals surface area contributed by atoms with Gasteiger partial charge in [-0.15, -0.1) is 0 Å². The Labute approximate surface area is 130 Å². The van der Waals surface area contributed by atoms with Crippen LogP contribution in [0.3, 0.4) is 0 Å². The molecular formula is C17H20N4O. The molecule has 22 heavy (non-hydrogen) atoms. The van der Waals surface area contributed by atoms with Crippen molar-refractivity contribution in [2.45, 2.75) is 26.3 Å². The van der Waals surface area contributed by atoms with Crippen LogP contribution in [0.2, 0.25) is 0 Å². The van der Waals surface area contributed by atoms with Gasteiger partial charge in [-0.05, 0) is 31.4 Å². The second-order valence-electron chi connectivity index (χ2n) is 5.61. The van der Waals surface area contributed by atoms with Gasteiger partial charge < -0.3 is 10.2 Å². The standard InChI is InChI=1S/C17H20N4O/c1-13-5-4-6-14(11-13)12-19-16(22)15-7-8-18-17(20-15)21-9-2-3-10-21/h4-8,11H,2-3,9-10,12H2,1H3,(H,19,22). The highest BCUT2D eigenvalue weighted by Crippen LogP contribution is 2.15. The Hall–Kier alpha value is -2.43. The summed E-state index contributed by atoms with van der Waals surface area (Å²) in [7, 11) is 0. The molecule has 2 aromatic rings. The van der Waals surface area contributed by atoms with Gasteiger partial charge >= 0.3 is 0 Å². The van der Waals surface area contributed by atoms with E-state index in [1.165, 1.54) is 5.56 Å². The van der Waals surface area contributed by atoms with Crippen LogP contribution in [0, 0.1) is 6.92 Å². The average molecular weight is 296 g/mol. The summed E-state index contributed by atoms with van der Waals surface area (Å²) in [6.07, 6.45) is 3.97. The van der Waals surface area contributed by atoms with Crippen molar-refractivity contribution in [3.05, 3.63) is 53.3 Å². The summed E-state index contributed by atoms with van der Waals surface area (Å²) in [4.78, 5) is 23.0. The summed E-state index contributed by atoms with van der Waals surface area (Å²) in [6, 6.07) is 9.76. The van der Waals surface area contributed by atoms with Gasteiger partial charge in [0, 0.05) is 25.8 Å². The molecule has 1 fully saturated rings. The summed E-state index contributed by atoms with van der Waals surface area (Å²) in [6.45, 7) is 4.48. The van der Waals surface area contributed by atoms with Crippen molar-refractivity contribution in [1.29, 1.82) is 0 Å². The van der Waals surface area contributed by atoms with Crippen molar-refractivity contribution < 1.29 is 4.79 Å². The number of aryl methyl sites for hydroxylation is 1. The highest BCUT2D eigenvalue weighted by atomic mass is 16.1. The molecule has 0 bridgehead atoms. The van der Waals surface area contributed by atoms with Gasteiger partial charge in [0.1, 0.15) is 5.69 Å². The lowest BCUT2D eigenvalue weighted by Gasteiger charge is -2.15. The van der Waals surface area contributed by atoms with Crippen molar-refractivity contribution in [1.82, 2.24) is 15.3 Å². The number of carbonyl (C=O) groups excluding carboxylic acids is 1. The van der Waals surface area contributed by atoms with Gasteiger partial charge in [-0.2, -0.15) is 0 Å². The second kappa shape index (κ2) is 6.56. The highest BCUT2D eigenvalue weighted by Gasteiger charge is 2.16. The molecule has 0 spiro atoms. The molecule has 3 rings (SSSR count). The first kappa shape index (κ1) is 14.5. The van der Waals surface area contributed by atoms with Gasteiger partial charge in [0.15, 0.2) is 0 Å². The summed E-state index contributed by atoms with van der Waals surface area (Å²) in [5, 5.41) is 2.91. The van der Waals surface area contributed by atoms with Gasteiger partial charge in [-0.1, -0.05) is 29.8 Å². The van der Waals surface area contributed by atoms with Gasteiger partial charge in [-0.25, -0.2) is 9.97 Å². The third-order valence-electron chi connectivity index (χ3n) is 3.80. The number of anilines is 1. The van der Waals surface area contributed by atoms with Crippen molar-refractivity contribution in [3.63, 3.8) is 0 Å². The third kappa shape index (κ3) is 3.42. The molecule has 1 amide bonds. The van der Waals surface area contributed by atoms with E-state index in [4.69, 9.17) is 0 Å². The van der Waals surface area contributed by atoms with Crippen LogP contribution in [0.1, 0.15) is 34.5 Å². The van der Waals surface area contributed by atoms with Crippen LogP contribution in [0.4, 0.5) is 5.95 Å². The predicted octanol–water partition coefficient (Wildman–Crippen LogP) is 2.32. The van der Waals surface area contributed by atoms with Crippen molar-refractivity contribution >= 4 is 11.9 Å². The number of carbonyl (C=O) groups is 1. The molecular weight excluding hydrogens is 276 g/mol. The molecule has 0 aliphatic carbocycles. The molecule has 1 aromatic carbocycles. The maximum absolute atomic E-state index is 12.3. The molecule has 0 radical (unpaired) electrons. The Morgan fingerprint density at radius 3 is 2.86 bits per heavy atom. The minimum absolute atomic E-state index is 0.163. The summed E-state index contributed by atoms with van der Waals surface area (Å²) < 4.78 is 0. The number of nitrogens with one attached hydrogen (secondary N) is 1. The lowest BCUT2D eigenvalue weighted by molar-refractivity contribution is 0.0946. The van der Waals surface area contributed by atoms with Gasteiger partial charge in [0.25, 0.3) is 5.91 Å². The normalized spacial score (nSPS) is 14.1. The molecule has 0 saturated carbocycles. The van der Waals surface area contributed by atoms with E-state index in [1.807, 2.05) is 25.1 Å². The largest absolute Gasteiger partial charge is 0.347 e. The molecule has 0 atom stereocenters. The molecule has 1 aromatic heterocycles. The smallest absolute Gasteiger partial charge is 0.270 e. The molecule has 0 unspecified atom stereocenters. The predicted molar refractivity (Wildman–Crippen MR) is 85.8 cm³/mol. The molecule has 1 aliphatic heterocycles. The topological polar surface area (TPSA) is 58.1 Å². The SMILES string of the molecule is Cc1cccc(CNC(=O)c2ccnc(N3CCCC3)n2)c1. The van der Waals surface area contributed by atoms with Crippen LogP contribution in [-0.2, 0) is 6.54 Å². The fraction of sp³-hybridized carbons (Fsp3) is 0.353. The third-order valence-corrected chi connectivity index (χ3v) is 3.80. The zero-order valence-corrected chi connectivity index (χ0v) is 12.7. The number of hydrogen-bond donors (Lipinski definition) is 1. The summed E-state index contributed by atoms with van der Waals surface area (Å²) in [5.41, 5.74) is 2.69. The van der Waals surface area contributed by atoms with Gasteiger partial charge in [-0.3, -0.25) is 4.79 Å². The Bertz CT molecular complexity index is 665. The minimum Gasteiger partial charge on any atom is -0.347 e. The Kier molecular flexibility index (Phi) is 4.32. The van der Waals surface area contributed by atoms with Gasteiger partial charge in [0.05, 0.1) is 0 Å². The lowest BCUT2D eigenvalue weighted by atomic mass is 10.1. The number of aromatic nitrogens is 2. The van der Waals surface area contributed by atoms with Crippen LogP contribution >= 0.6 is 0 Å². The highest BCUT2D eigenvalue weighted by molar-refractivity contribution is 5.92. The first-order chi connectivity index (χ1) is 10.7. The summed E-state index contributed by atoms with van der Waals surface area (Å²) in [5.74, 6) is 0.491. The van der Waals surface area contributed by atoms with Crippen LogP contribution in [-0.4, -0.2) is 29.0 Å². The van der Waals surface area contributed by atoms with E-state index in [1.54, 1.807) is 12.3 Å². The quantitative estimate of drug-likeness (QED) is 0.940. The first-order valence-electron chi connectivity index (χ1n) is 7.64. The number of benzene rings is 1. The monoisotopic (exact) mass is 296 g/mol. The van der Waals surface area contributed by atoms with Crippen molar-refractivity contribution in [2.24, 2.45) is 0 Å². The van der Waals surface area contributed by atoms with E-state index in [0.29, 0.717) is 18.2 Å². The maximum Gasteiger partial charge on any atom is 0.270 e. The molecule has 114 valence electrons. The molecule has 1 saturated heterocycles. The zero-order valence-electron chi connectivity index (χ0n) is 12.7. The minimum atomic E-state index is -0.163. The molecule has 5 nitrogen and oxygen atoms in total. The Morgan fingerprint density at radius 1 is 1.27 bits per heavy atom. The van der Waals surface area contributed by atoms with E-state index < -0.39 is 0 Å². The zero-order chi connectivity index (χ0) is 15.4. The van der Waals surface area contributed by atoms with E-state index in [9.17, 15) is 4.79 Å². The van der Waals surface area contributed by atoms with E-state index in [-0.39, 0.29) is 5.91 Å². The number of rotatable bonds is 4. The van der Waals surface area contributed by atoms with Gasteiger partial charge in [0.2, 0.25) is 5.95 Å². The first-order valence-corrected chi connectivity index (χ1v) is 7.64. The number of hydrogen-bond acceptors (Lipinski definition) is 4. The maximum atomic E-state index is 12.3. The average Bonchev–Trinajstić information content (AvgIpc) is 3.07. The van der Waals surface area contributed by atoms with Crippen LogP contribution in [0.5, 0.6) is 0 Å². The summed E-state index contributed by atoms with van der Waals surface area (Å²) >= 11 is 0. The van der Waals surface area contributed by atoms with Crippen LogP contribution in [0.25, 0.3) is 0 Å². The molecule has 1 aliphatic rings. The van der Waals surface area contributed by atoms with Crippen LogP contribution < -0.4 is 10.2 Å².